The molecular weight excluding hydrogens is 226 g/mol. The fourth-order valence-corrected chi connectivity index (χ4v) is 3.43. The zero-order chi connectivity index (χ0) is 12.1. The lowest BCUT2D eigenvalue weighted by Gasteiger charge is -2.23. The largest absolute Gasteiger partial charge is 0.306 e. The number of rotatable bonds is 5. The van der Waals surface area contributed by atoms with Crippen molar-refractivity contribution in [2.75, 3.05) is 6.54 Å². The van der Waals surface area contributed by atoms with Crippen molar-refractivity contribution in [2.24, 2.45) is 0 Å². The van der Waals surface area contributed by atoms with E-state index < -0.39 is 0 Å². The monoisotopic (exact) mass is 249 g/mol. The highest BCUT2D eigenvalue weighted by molar-refractivity contribution is 7.12. The van der Waals surface area contributed by atoms with Crippen LogP contribution >= 0.6 is 11.3 Å². The number of nitrogens with one attached hydrogen (secondary N) is 1. The second kappa shape index (κ2) is 6.36. The van der Waals surface area contributed by atoms with Gasteiger partial charge in [-0.05, 0) is 57.7 Å². The molecule has 1 unspecified atom stereocenters. The zero-order valence-electron chi connectivity index (χ0n) is 11.0. The van der Waals surface area contributed by atoms with Crippen molar-refractivity contribution in [3.8, 4) is 0 Å². The summed E-state index contributed by atoms with van der Waals surface area (Å²) in [7, 11) is 0. The minimum absolute atomic E-state index is 0.481. The molecule has 0 spiro atoms. The fourth-order valence-electron chi connectivity index (χ4n) is 2.44. The van der Waals surface area contributed by atoms with Gasteiger partial charge in [-0.3, -0.25) is 0 Å². The van der Waals surface area contributed by atoms with Crippen LogP contribution in [0, 0.1) is 6.92 Å². The van der Waals surface area contributed by atoms with Crippen LogP contribution in [0.1, 0.15) is 54.8 Å². The number of thiophene rings is 1. The molecule has 2 rings (SSSR count). The Morgan fingerprint density at radius 3 is 2.82 bits per heavy atom. The van der Waals surface area contributed by atoms with E-state index in [1.54, 1.807) is 5.57 Å². The molecule has 1 aromatic heterocycles. The molecule has 0 saturated heterocycles. The molecule has 1 N–H and O–H groups in total. The summed E-state index contributed by atoms with van der Waals surface area (Å²) in [6.45, 7) is 5.54. The van der Waals surface area contributed by atoms with E-state index in [1.807, 2.05) is 11.3 Å². The van der Waals surface area contributed by atoms with E-state index in [0.717, 1.165) is 6.54 Å². The van der Waals surface area contributed by atoms with Gasteiger partial charge in [0.15, 0.2) is 0 Å². The molecule has 94 valence electrons. The molecule has 0 radical (unpaired) electrons. The molecular formula is C15H23NS. The molecule has 17 heavy (non-hydrogen) atoms. The Labute approximate surface area is 109 Å². The zero-order valence-corrected chi connectivity index (χ0v) is 11.8. The first-order valence-electron chi connectivity index (χ1n) is 6.80. The summed E-state index contributed by atoms with van der Waals surface area (Å²) in [5.74, 6) is 0. The van der Waals surface area contributed by atoms with Crippen molar-refractivity contribution in [1.29, 1.82) is 0 Å². The van der Waals surface area contributed by atoms with Crippen molar-refractivity contribution in [3.63, 3.8) is 0 Å². The summed E-state index contributed by atoms with van der Waals surface area (Å²) >= 11 is 1.94. The highest BCUT2D eigenvalue weighted by atomic mass is 32.1. The van der Waals surface area contributed by atoms with Crippen molar-refractivity contribution in [1.82, 2.24) is 5.32 Å². The van der Waals surface area contributed by atoms with Gasteiger partial charge in [-0.2, -0.15) is 0 Å². The van der Waals surface area contributed by atoms with Crippen LogP contribution in [0.4, 0.5) is 0 Å². The van der Waals surface area contributed by atoms with Crippen LogP contribution in [0.25, 0.3) is 0 Å². The van der Waals surface area contributed by atoms with Gasteiger partial charge in [0.05, 0.1) is 6.04 Å². The van der Waals surface area contributed by atoms with E-state index in [-0.39, 0.29) is 0 Å². The molecule has 0 saturated carbocycles. The summed E-state index contributed by atoms with van der Waals surface area (Å²) in [4.78, 5) is 2.91. The van der Waals surface area contributed by atoms with Crippen LogP contribution in [0.5, 0.6) is 0 Å². The molecule has 1 aliphatic rings. The molecule has 1 heterocycles. The predicted octanol–water partition coefficient (Wildman–Crippen LogP) is 4.60. The molecule has 1 aliphatic carbocycles. The normalized spacial score (nSPS) is 17.9. The maximum atomic E-state index is 3.71. The minimum Gasteiger partial charge on any atom is -0.306 e. The molecule has 0 bridgehead atoms. The van der Waals surface area contributed by atoms with E-state index in [1.165, 1.54) is 41.9 Å². The summed E-state index contributed by atoms with van der Waals surface area (Å²) < 4.78 is 0. The second-order valence-electron chi connectivity index (χ2n) is 4.86. The predicted molar refractivity (Wildman–Crippen MR) is 76.6 cm³/mol. The van der Waals surface area contributed by atoms with Crippen LogP contribution in [-0.4, -0.2) is 6.54 Å². The molecule has 0 aliphatic heterocycles. The van der Waals surface area contributed by atoms with Gasteiger partial charge in [-0.1, -0.05) is 18.6 Å². The maximum absolute atomic E-state index is 3.71. The smallest absolute Gasteiger partial charge is 0.0630 e. The van der Waals surface area contributed by atoms with Gasteiger partial charge in [-0.15, -0.1) is 11.3 Å². The highest BCUT2D eigenvalue weighted by Crippen LogP contribution is 2.33. The molecule has 0 fully saturated rings. The van der Waals surface area contributed by atoms with Gasteiger partial charge in [0.2, 0.25) is 0 Å². The molecule has 1 atom stereocenters. The topological polar surface area (TPSA) is 12.0 Å². The number of hydrogen-bond donors (Lipinski definition) is 1. The van der Waals surface area contributed by atoms with Crippen LogP contribution in [0.15, 0.2) is 23.8 Å². The standard InChI is InChI=1S/C15H23NS/c1-3-11-16-15(13-7-5-4-6-8-13)14-10-9-12(2)17-14/h7,9-10,15-16H,3-6,8,11H2,1-2H3. The van der Waals surface area contributed by atoms with Gasteiger partial charge < -0.3 is 5.32 Å². The first-order valence-corrected chi connectivity index (χ1v) is 7.61. The summed E-state index contributed by atoms with van der Waals surface area (Å²) in [6.07, 6.45) is 8.94. The summed E-state index contributed by atoms with van der Waals surface area (Å²) in [5.41, 5.74) is 1.62. The number of allylic oxidation sites excluding steroid dienone is 1. The number of aryl methyl sites for hydroxylation is 1. The van der Waals surface area contributed by atoms with Crippen molar-refractivity contribution in [2.45, 2.75) is 52.0 Å². The van der Waals surface area contributed by atoms with Gasteiger partial charge in [-0.25, -0.2) is 0 Å². The average Bonchev–Trinajstić information content (AvgIpc) is 2.78. The Morgan fingerprint density at radius 2 is 2.24 bits per heavy atom. The molecule has 0 amide bonds. The van der Waals surface area contributed by atoms with Gasteiger partial charge in [0.25, 0.3) is 0 Å². The summed E-state index contributed by atoms with van der Waals surface area (Å²) in [6, 6.07) is 5.02. The molecule has 0 aromatic carbocycles. The lowest BCUT2D eigenvalue weighted by molar-refractivity contribution is 0.552. The van der Waals surface area contributed by atoms with Gasteiger partial charge >= 0.3 is 0 Å². The van der Waals surface area contributed by atoms with Crippen LogP contribution in [0.3, 0.4) is 0 Å². The van der Waals surface area contributed by atoms with E-state index in [9.17, 15) is 0 Å². The third-order valence-corrected chi connectivity index (χ3v) is 4.41. The molecule has 1 nitrogen and oxygen atoms in total. The lowest BCUT2D eigenvalue weighted by Crippen LogP contribution is -2.24. The highest BCUT2D eigenvalue weighted by Gasteiger charge is 2.18. The Balaban J connectivity index is 2.15. The minimum atomic E-state index is 0.481. The molecule has 2 heteroatoms. The van der Waals surface area contributed by atoms with Crippen molar-refractivity contribution >= 4 is 11.3 Å². The Hall–Kier alpha value is -0.600. The van der Waals surface area contributed by atoms with Gasteiger partial charge in [0, 0.05) is 9.75 Å². The Bertz CT molecular complexity index is 378. The molecule has 1 aromatic rings. The second-order valence-corrected chi connectivity index (χ2v) is 6.18. The Kier molecular flexibility index (Phi) is 4.81. The quantitative estimate of drug-likeness (QED) is 0.752. The number of hydrogen-bond acceptors (Lipinski definition) is 2. The van der Waals surface area contributed by atoms with E-state index in [4.69, 9.17) is 0 Å². The first-order chi connectivity index (χ1) is 8.31. The van der Waals surface area contributed by atoms with E-state index >= 15 is 0 Å². The SMILES string of the molecule is CCCNC(C1=CCCCC1)c1ccc(C)s1. The third kappa shape index (κ3) is 3.43. The maximum Gasteiger partial charge on any atom is 0.0630 e. The van der Waals surface area contributed by atoms with Crippen molar-refractivity contribution < 1.29 is 0 Å². The van der Waals surface area contributed by atoms with E-state index in [0.29, 0.717) is 6.04 Å². The first kappa shape index (κ1) is 12.8. The third-order valence-electron chi connectivity index (χ3n) is 3.34. The van der Waals surface area contributed by atoms with Crippen LogP contribution in [-0.2, 0) is 0 Å². The van der Waals surface area contributed by atoms with Crippen LogP contribution in [0.2, 0.25) is 0 Å². The van der Waals surface area contributed by atoms with E-state index in [2.05, 4.69) is 37.4 Å². The summed E-state index contributed by atoms with van der Waals surface area (Å²) in [5, 5.41) is 3.71. The fraction of sp³-hybridized carbons (Fsp3) is 0.600. The van der Waals surface area contributed by atoms with Crippen molar-refractivity contribution in [3.05, 3.63) is 33.5 Å². The lowest BCUT2D eigenvalue weighted by atomic mass is 9.93. The average molecular weight is 249 g/mol. The van der Waals surface area contributed by atoms with Crippen LogP contribution < -0.4 is 5.32 Å². The Morgan fingerprint density at radius 1 is 1.35 bits per heavy atom. The van der Waals surface area contributed by atoms with Gasteiger partial charge in [0.1, 0.15) is 0 Å².